The number of rotatable bonds is 7. The summed E-state index contributed by atoms with van der Waals surface area (Å²) in [6.45, 7) is 9.58. The van der Waals surface area contributed by atoms with Gasteiger partial charge >= 0.3 is 5.97 Å². The average Bonchev–Trinajstić information content (AvgIpc) is 2.76. The Labute approximate surface area is 186 Å². The highest BCUT2D eigenvalue weighted by molar-refractivity contribution is 5.84. The molecule has 2 aromatic rings. The summed E-state index contributed by atoms with van der Waals surface area (Å²) in [5.74, 6) is 1.75. The molecular weight excluding hydrogens is 386 g/mol. The summed E-state index contributed by atoms with van der Waals surface area (Å²) in [7, 11) is 1.46. The Morgan fingerprint density at radius 2 is 1.71 bits per heavy atom. The summed E-state index contributed by atoms with van der Waals surface area (Å²) in [5.41, 5.74) is 1.73. The van der Waals surface area contributed by atoms with Crippen molar-refractivity contribution in [3.8, 4) is 5.75 Å². The van der Waals surface area contributed by atoms with Crippen molar-refractivity contribution in [3.05, 3.63) is 42.0 Å². The van der Waals surface area contributed by atoms with Crippen LogP contribution in [0.15, 0.2) is 36.4 Å². The molecule has 1 aliphatic carbocycles. The zero-order chi connectivity index (χ0) is 22.0. The van der Waals surface area contributed by atoms with Gasteiger partial charge in [0, 0.05) is 19.6 Å². The monoisotopic (exact) mass is 423 g/mol. The Hall–Kier alpha value is -2.07. The SMILES string of the molecule is CCC(C)(C)C1CCC(Oc2ccc3cc(CN4CC(C(=O)OC)C4)ccc3c2)CC1. The van der Waals surface area contributed by atoms with Crippen molar-refractivity contribution in [1.82, 2.24) is 4.90 Å². The van der Waals surface area contributed by atoms with Crippen LogP contribution < -0.4 is 4.74 Å². The third-order valence-corrected chi connectivity index (χ3v) is 7.77. The molecule has 1 saturated heterocycles. The van der Waals surface area contributed by atoms with Crippen LogP contribution in [0.25, 0.3) is 10.8 Å². The summed E-state index contributed by atoms with van der Waals surface area (Å²) in [4.78, 5) is 13.8. The van der Waals surface area contributed by atoms with Crippen LogP contribution in [0.5, 0.6) is 5.75 Å². The molecule has 0 aromatic heterocycles. The number of fused-ring (bicyclic) bond motifs is 1. The fraction of sp³-hybridized carbons (Fsp3) is 0.593. The van der Waals surface area contributed by atoms with Crippen LogP contribution in [-0.2, 0) is 16.1 Å². The van der Waals surface area contributed by atoms with E-state index in [1.165, 1.54) is 42.7 Å². The van der Waals surface area contributed by atoms with Gasteiger partial charge in [0.25, 0.3) is 0 Å². The molecule has 0 atom stereocenters. The maximum Gasteiger partial charge on any atom is 0.311 e. The standard InChI is InChI=1S/C27H37NO3/c1-5-27(2,3)23-9-12-24(13-10-23)31-25-11-8-20-14-19(6-7-21(20)15-25)16-28-17-22(18-28)26(29)30-4/h6-8,11,14-15,22-24H,5,9-10,12-13,16-18H2,1-4H3. The second kappa shape index (κ2) is 9.20. The highest BCUT2D eigenvalue weighted by atomic mass is 16.5. The fourth-order valence-corrected chi connectivity index (χ4v) is 5.16. The predicted molar refractivity (Wildman–Crippen MR) is 125 cm³/mol. The Kier molecular flexibility index (Phi) is 6.57. The van der Waals surface area contributed by atoms with Gasteiger partial charge in [-0.2, -0.15) is 0 Å². The molecule has 4 rings (SSSR count). The number of esters is 1. The van der Waals surface area contributed by atoms with Gasteiger partial charge in [0.2, 0.25) is 0 Å². The van der Waals surface area contributed by atoms with Gasteiger partial charge in [0.15, 0.2) is 0 Å². The van der Waals surface area contributed by atoms with Crippen LogP contribution in [0.2, 0.25) is 0 Å². The van der Waals surface area contributed by atoms with Crippen LogP contribution in [0, 0.1) is 17.3 Å². The van der Waals surface area contributed by atoms with E-state index < -0.39 is 0 Å². The second-order valence-corrected chi connectivity index (χ2v) is 10.2. The van der Waals surface area contributed by atoms with Crippen molar-refractivity contribution in [1.29, 1.82) is 0 Å². The molecule has 1 aliphatic heterocycles. The molecule has 2 aliphatic rings. The molecule has 168 valence electrons. The fourth-order valence-electron chi connectivity index (χ4n) is 5.16. The molecule has 4 nitrogen and oxygen atoms in total. The summed E-state index contributed by atoms with van der Waals surface area (Å²) in [6, 6.07) is 13.1. The number of methoxy groups -OCH3 is 1. The second-order valence-electron chi connectivity index (χ2n) is 10.2. The zero-order valence-electron chi connectivity index (χ0n) is 19.5. The lowest BCUT2D eigenvalue weighted by Crippen LogP contribution is -2.49. The number of carbonyl (C=O) groups excluding carboxylic acids is 1. The van der Waals surface area contributed by atoms with E-state index in [-0.39, 0.29) is 11.9 Å². The van der Waals surface area contributed by atoms with Gasteiger partial charge in [0.05, 0.1) is 19.1 Å². The van der Waals surface area contributed by atoms with Gasteiger partial charge in [-0.3, -0.25) is 9.69 Å². The summed E-state index contributed by atoms with van der Waals surface area (Å²) in [5, 5.41) is 2.46. The largest absolute Gasteiger partial charge is 0.490 e. The number of hydrogen-bond donors (Lipinski definition) is 0. The van der Waals surface area contributed by atoms with E-state index in [4.69, 9.17) is 9.47 Å². The Morgan fingerprint density at radius 3 is 2.39 bits per heavy atom. The molecule has 1 saturated carbocycles. The molecule has 0 amide bonds. The predicted octanol–water partition coefficient (Wildman–Crippen LogP) is 5.82. The van der Waals surface area contributed by atoms with Crippen LogP contribution in [0.4, 0.5) is 0 Å². The molecule has 2 aromatic carbocycles. The first kappa shape index (κ1) is 22.1. The number of benzene rings is 2. The topological polar surface area (TPSA) is 38.8 Å². The first-order chi connectivity index (χ1) is 14.9. The summed E-state index contributed by atoms with van der Waals surface area (Å²) < 4.78 is 11.2. The van der Waals surface area contributed by atoms with E-state index in [1.54, 1.807) is 0 Å². The summed E-state index contributed by atoms with van der Waals surface area (Å²) in [6.07, 6.45) is 6.46. The number of carbonyl (C=O) groups is 1. The van der Waals surface area contributed by atoms with Crippen LogP contribution in [0.1, 0.15) is 58.4 Å². The minimum absolute atomic E-state index is 0.0354. The molecule has 0 radical (unpaired) electrons. The molecule has 0 unspecified atom stereocenters. The lowest BCUT2D eigenvalue weighted by atomic mass is 9.69. The van der Waals surface area contributed by atoms with Gasteiger partial charge in [-0.15, -0.1) is 0 Å². The van der Waals surface area contributed by atoms with Gasteiger partial charge in [0.1, 0.15) is 5.75 Å². The smallest absolute Gasteiger partial charge is 0.311 e. The van der Waals surface area contributed by atoms with Gasteiger partial charge in [-0.1, -0.05) is 45.4 Å². The average molecular weight is 424 g/mol. The molecule has 2 fully saturated rings. The van der Waals surface area contributed by atoms with E-state index in [1.807, 2.05) is 0 Å². The van der Waals surface area contributed by atoms with Gasteiger partial charge in [-0.05, 0) is 71.6 Å². The molecule has 0 bridgehead atoms. The first-order valence-electron chi connectivity index (χ1n) is 11.9. The van der Waals surface area contributed by atoms with Crippen LogP contribution in [0.3, 0.4) is 0 Å². The van der Waals surface area contributed by atoms with Crippen molar-refractivity contribution in [2.45, 2.75) is 65.5 Å². The quantitative estimate of drug-likeness (QED) is 0.526. The van der Waals surface area contributed by atoms with E-state index in [2.05, 4.69) is 62.1 Å². The van der Waals surface area contributed by atoms with Crippen LogP contribution >= 0.6 is 0 Å². The van der Waals surface area contributed by atoms with Gasteiger partial charge < -0.3 is 9.47 Å². The molecule has 0 spiro atoms. The summed E-state index contributed by atoms with van der Waals surface area (Å²) >= 11 is 0. The van der Waals surface area contributed by atoms with Crippen molar-refractivity contribution in [2.24, 2.45) is 17.3 Å². The lowest BCUT2D eigenvalue weighted by Gasteiger charge is -2.38. The molecule has 0 N–H and O–H groups in total. The van der Waals surface area contributed by atoms with E-state index in [9.17, 15) is 4.79 Å². The maximum absolute atomic E-state index is 11.6. The number of ether oxygens (including phenoxy) is 2. The molecule has 31 heavy (non-hydrogen) atoms. The minimum Gasteiger partial charge on any atom is -0.490 e. The highest BCUT2D eigenvalue weighted by Gasteiger charge is 2.33. The number of nitrogens with zero attached hydrogens (tertiary/aromatic N) is 1. The third-order valence-electron chi connectivity index (χ3n) is 7.77. The maximum atomic E-state index is 11.6. The zero-order valence-corrected chi connectivity index (χ0v) is 19.5. The molecular formula is C27H37NO3. The normalized spacial score (nSPS) is 22.8. The minimum atomic E-state index is -0.0927. The van der Waals surface area contributed by atoms with Crippen molar-refractivity contribution in [2.75, 3.05) is 20.2 Å². The van der Waals surface area contributed by atoms with E-state index in [0.29, 0.717) is 11.5 Å². The Balaban J connectivity index is 1.32. The third kappa shape index (κ3) is 5.06. The van der Waals surface area contributed by atoms with Crippen molar-refractivity contribution in [3.63, 3.8) is 0 Å². The Bertz CT molecular complexity index is 908. The van der Waals surface area contributed by atoms with E-state index >= 15 is 0 Å². The highest BCUT2D eigenvalue weighted by Crippen LogP contribution is 2.41. The lowest BCUT2D eigenvalue weighted by molar-refractivity contribution is -0.151. The van der Waals surface area contributed by atoms with E-state index in [0.717, 1.165) is 44.1 Å². The number of hydrogen-bond acceptors (Lipinski definition) is 4. The van der Waals surface area contributed by atoms with Crippen LogP contribution in [-0.4, -0.2) is 37.2 Å². The number of likely N-dealkylation sites (tertiary alicyclic amines) is 1. The van der Waals surface area contributed by atoms with Crippen molar-refractivity contribution < 1.29 is 14.3 Å². The molecule has 4 heteroatoms. The first-order valence-corrected chi connectivity index (χ1v) is 11.9. The van der Waals surface area contributed by atoms with Crippen molar-refractivity contribution >= 4 is 16.7 Å². The molecule has 1 heterocycles. The van der Waals surface area contributed by atoms with Gasteiger partial charge in [-0.25, -0.2) is 0 Å². The Morgan fingerprint density at radius 1 is 1.03 bits per heavy atom.